The van der Waals surface area contributed by atoms with Gasteiger partial charge in [0.2, 0.25) is 0 Å². The average molecular weight is 265 g/mol. The summed E-state index contributed by atoms with van der Waals surface area (Å²) >= 11 is 5.07. The van der Waals surface area contributed by atoms with Gasteiger partial charge >= 0.3 is 0 Å². The van der Waals surface area contributed by atoms with E-state index in [1.807, 2.05) is 13.0 Å². The lowest BCUT2D eigenvalue weighted by molar-refractivity contribution is 0.0481. The van der Waals surface area contributed by atoms with Crippen molar-refractivity contribution in [1.29, 1.82) is 0 Å². The van der Waals surface area contributed by atoms with Crippen LogP contribution in [-0.2, 0) is 0 Å². The van der Waals surface area contributed by atoms with Crippen LogP contribution in [-0.4, -0.2) is 33.8 Å². The van der Waals surface area contributed by atoms with Crippen LogP contribution in [0.25, 0.3) is 0 Å². The van der Waals surface area contributed by atoms with Crippen molar-refractivity contribution in [3.05, 3.63) is 24.0 Å². The monoisotopic (exact) mass is 265 g/mol. The smallest absolute Gasteiger partial charge is 0.106 e. The Hall–Kier alpha value is -1.20. The minimum Gasteiger partial charge on any atom is -0.390 e. The van der Waals surface area contributed by atoms with E-state index in [-0.39, 0.29) is 0 Å². The third-order valence-corrected chi connectivity index (χ3v) is 3.69. The number of nitrogens with two attached hydrogens (primary N) is 1. The molecule has 4 nitrogen and oxygen atoms in total. The molecule has 0 amide bonds. The number of nitrogens with zero attached hydrogens (tertiary/aromatic N) is 2. The Morgan fingerprint density at radius 1 is 1.50 bits per heavy atom. The minimum atomic E-state index is -0.569. The van der Waals surface area contributed by atoms with E-state index in [2.05, 4.69) is 9.88 Å². The van der Waals surface area contributed by atoms with E-state index in [1.54, 1.807) is 12.4 Å². The molecule has 0 bridgehead atoms. The van der Waals surface area contributed by atoms with Crippen molar-refractivity contribution in [2.24, 2.45) is 5.73 Å². The van der Waals surface area contributed by atoms with E-state index in [1.165, 1.54) is 0 Å². The molecule has 1 aliphatic rings. The number of hydrogen-bond donors (Lipinski definition) is 2. The van der Waals surface area contributed by atoms with E-state index in [4.69, 9.17) is 18.0 Å². The van der Waals surface area contributed by atoms with E-state index < -0.39 is 5.60 Å². The zero-order valence-electron chi connectivity index (χ0n) is 10.6. The maximum atomic E-state index is 10.1. The molecule has 1 unspecified atom stereocenters. The molecule has 0 spiro atoms. The van der Waals surface area contributed by atoms with Crippen molar-refractivity contribution >= 4 is 22.9 Å². The Balaban J connectivity index is 2.24. The van der Waals surface area contributed by atoms with Gasteiger partial charge in [-0.15, -0.1) is 0 Å². The number of aromatic nitrogens is 1. The fourth-order valence-corrected chi connectivity index (χ4v) is 2.52. The number of pyridine rings is 1. The van der Waals surface area contributed by atoms with Gasteiger partial charge < -0.3 is 15.7 Å². The Bertz CT molecular complexity index is 448. The van der Waals surface area contributed by atoms with Crippen LogP contribution >= 0.6 is 12.2 Å². The van der Waals surface area contributed by atoms with Crippen molar-refractivity contribution in [3.63, 3.8) is 0 Å². The average Bonchev–Trinajstić information content (AvgIpc) is 2.50. The van der Waals surface area contributed by atoms with Gasteiger partial charge in [0.25, 0.3) is 0 Å². The largest absolute Gasteiger partial charge is 0.390 e. The summed E-state index contributed by atoms with van der Waals surface area (Å²) in [5.41, 5.74) is 7.01. The molecule has 0 radical (unpaired) electrons. The normalized spacial score (nSPS) is 24.7. The summed E-state index contributed by atoms with van der Waals surface area (Å²) in [6, 6.07) is 1.85. The summed E-state index contributed by atoms with van der Waals surface area (Å²) in [6.45, 7) is 3.60. The third-order valence-electron chi connectivity index (χ3n) is 3.47. The summed E-state index contributed by atoms with van der Waals surface area (Å²) in [5.74, 6) is 0. The molecule has 1 fully saturated rings. The summed E-state index contributed by atoms with van der Waals surface area (Å²) in [4.78, 5) is 6.75. The Kier molecular flexibility index (Phi) is 3.82. The summed E-state index contributed by atoms with van der Waals surface area (Å²) < 4.78 is 0. The van der Waals surface area contributed by atoms with Gasteiger partial charge in [0.05, 0.1) is 17.5 Å². The number of anilines is 1. The second kappa shape index (κ2) is 5.20. The zero-order chi connectivity index (χ0) is 13.2. The maximum absolute atomic E-state index is 10.1. The lowest BCUT2D eigenvalue weighted by Gasteiger charge is -2.25. The van der Waals surface area contributed by atoms with Crippen LogP contribution in [0.5, 0.6) is 0 Å². The summed E-state index contributed by atoms with van der Waals surface area (Å²) in [5, 5.41) is 10.1. The second-order valence-corrected chi connectivity index (χ2v) is 5.53. The highest BCUT2D eigenvalue weighted by molar-refractivity contribution is 7.80. The molecular weight excluding hydrogens is 246 g/mol. The Morgan fingerprint density at radius 3 is 3.00 bits per heavy atom. The third kappa shape index (κ3) is 2.97. The Morgan fingerprint density at radius 2 is 2.28 bits per heavy atom. The molecule has 2 heterocycles. The van der Waals surface area contributed by atoms with E-state index in [9.17, 15) is 5.11 Å². The fraction of sp³-hybridized carbons (Fsp3) is 0.538. The van der Waals surface area contributed by atoms with E-state index in [0.29, 0.717) is 4.99 Å². The molecule has 1 aromatic heterocycles. The highest BCUT2D eigenvalue weighted by Gasteiger charge is 2.26. The predicted octanol–water partition coefficient (Wildman–Crippen LogP) is 1.46. The summed E-state index contributed by atoms with van der Waals surface area (Å²) in [6.07, 6.45) is 6.03. The molecular formula is C13H19N3OS. The van der Waals surface area contributed by atoms with Crippen molar-refractivity contribution in [2.45, 2.75) is 31.8 Å². The molecule has 0 aliphatic carbocycles. The van der Waals surface area contributed by atoms with E-state index in [0.717, 1.165) is 43.6 Å². The molecule has 5 heteroatoms. The van der Waals surface area contributed by atoms with Gasteiger partial charge in [-0.05, 0) is 32.3 Å². The molecule has 1 aromatic rings. The number of thiocarbonyl (C=S) groups is 1. The van der Waals surface area contributed by atoms with Gasteiger partial charge in [-0.25, -0.2) is 0 Å². The van der Waals surface area contributed by atoms with Crippen LogP contribution in [0.2, 0.25) is 0 Å². The van der Waals surface area contributed by atoms with E-state index >= 15 is 0 Å². The highest BCUT2D eigenvalue weighted by Crippen LogP contribution is 2.26. The van der Waals surface area contributed by atoms with Gasteiger partial charge in [0.15, 0.2) is 0 Å². The van der Waals surface area contributed by atoms with Crippen molar-refractivity contribution < 1.29 is 5.11 Å². The molecule has 18 heavy (non-hydrogen) atoms. The molecule has 98 valence electrons. The number of hydrogen-bond acceptors (Lipinski definition) is 4. The zero-order valence-corrected chi connectivity index (χ0v) is 11.4. The van der Waals surface area contributed by atoms with Crippen LogP contribution in [0.15, 0.2) is 18.5 Å². The lowest BCUT2D eigenvalue weighted by Crippen LogP contribution is -2.30. The first-order chi connectivity index (χ1) is 8.49. The van der Waals surface area contributed by atoms with Gasteiger partial charge in [0.1, 0.15) is 4.99 Å². The predicted molar refractivity (Wildman–Crippen MR) is 76.8 cm³/mol. The van der Waals surface area contributed by atoms with Gasteiger partial charge in [-0.3, -0.25) is 4.98 Å². The highest BCUT2D eigenvalue weighted by atomic mass is 32.1. The standard InChI is InChI=1S/C13H19N3OS/c1-13(17)4-2-7-16(8-5-13)11-9-15-6-3-10(11)12(14)18/h3,6,9,17H,2,4-5,7-8H2,1H3,(H2,14,18). The Labute approximate surface area is 113 Å². The van der Waals surface area contributed by atoms with Crippen LogP contribution in [0, 0.1) is 0 Å². The molecule has 0 aromatic carbocycles. The molecule has 1 atom stereocenters. The van der Waals surface area contributed by atoms with Crippen LogP contribution < -0.4 is 10.6 Å². The van der Waals surface area contributed by atoms with Gasteiger partial charge in [-0.1, -0.05) is 12.2 Å². The van der Waals surface area contributed by atoms with Gasteiger partial charge in [0, 0.05) is 24.8 Å². The molecule has 1 aliphatic heterocycles. The van der Waals surface area contributed by atoms with Crippen LogP contribution in [0.1, 0.15) is 31.7 Å². The minimum absolute atomic E-state index is 0.392. The number of aliphatic hydroxyl groups is 1. The van der Waals surface area contributed by atoms with Crippen molar-refractivity contribution in [1.82, 2.24) is 4.98 Å². The van der Waals surface area contributed by atoms with Gasteiger partial charge in [-0.2, -0.15) is 0 Å². The fourth-order valence-electron chi connectivity index (χ4n) is 2.35. The summed E-state index contributed by atoms with van der Waals surface area (Å²) in [7, 11) is 0. The van der Waals surface area contributed by atoms with Crippen molar-refractivity contribution in [3.8, 4) is 0 Å². The van der Waals surface area contributed by atoms with Crippen LogP contribution in [0.4, 0.5) is 5.69 Å². The lowest BCUT2D eigenvalue weighted by atomic mass is 9.98. The number of rotatable bonds is 2. The SMILES string of the molecule is CC1(O)CCCN(c2cnccc2C(N)=S)CC1. The molecule has 3 N–H and O–H groups in total. The first-order valence-electron chi connectivity index (χ1n) is 6.21. The van der Waals surface area contributed by atoms with Crippen molar-refractivity contribution in [2.75, 3.05) is 18.0 Å². The maximum Gasteiger partial charge on any atom is 0.106 e. The van der Waals surface area contributed by atoms with Crippen LogP contribution in [0.3, 0.4) is 0 Å². The topological polar surface area (TPSA) is 62.4 Å². The molecule has 0 saturated carbocycles. The molecule has 1 saturated heterocycles. The first-order valence-corrected chi connectivity index (χ1v) is 6.61. The molecule has 2 rings (SSSR count). The second-order valence-electron chi connectivity index (χ2n) is 5.09. The first kappa shape index (κ1) is 13.2. The quantitative estimate of drug-likeness (QED) is 0.793.